The third-order valence-electron chi connectivity index (χ3n) is 10.4. The van der Waals surface area contributed by atoms with Crippen LogP contribution < -0.4 is 26.5 Å². The Hall–Kier alpha value is -2.57. The van der Waals surface area contributed by atoms with Gasteiger partial charge in [0.1, 0.15) is 5.78 Å². The van der Waals surface area contributed by atoms with Crippen molar-refractivity contribution in [3.8, 4) is 0 Å². The van der Waals surface area contributed by atoms with Crippen LogP contribution in [-0.2, 0) is 24.5 Å². The fourth-order valence-corrected chi connectivity index (χ4v) is 8.42. The van der Waals surface area contributed by atoms with E-state index in [9.17, 15) is 14.4 Å². The number of carbonyl (C=O) groups excluding carboxylic acids is 3. The van der Waals surface area contributed by atoms with E-state index in [1.807, 2.05) is 73.6 Å². The minimum Gasteiger partial charge on any atom is -0.466 e. The van der Waals surface area contributed by atoms with Crippen molar-refractivity contribution in [1.29, 1.82) is 0 Å². The summed E-state index contributed by atoms with van der Waals surface area (Å²) in [7, 11) is 12.5. The van der Waals surface area contributed by atoms with E-state index in [0.717, 1.165) is 60.6 Å². The first-order valence-electron chi connectivity index (χ1n) is 22.2. The van der Waals surface area contributed by atoms with E-state index in [1.54, 1.807) is 13.0 Å². The number of ketones is 1. The van der Waals surface area contributed by atoms with Gasteiger partial charge in [-0.2, -0.15) is 0 Å². The van der Waals surface area contributed by atoms with Crippen LogP contribution in [0, 0.1) is 6.92 Å². The third-order valence-corrected chi connectivity index (χ3v) is 12.5. The van der Waals surface area contributed by atoms with E-state index in [2.05, 4.69) is 103 Å². The van der Waals surface area contributed by atoms with Crippen LogP contribution in [0.15, 0.2) is 84.5 Å². The number of esters is 1. The molecule has 1 aliphatic heterocycles. The number of hydrogen-bond donors (Lipinski definition) is 1. The molecule has 1 amide bonds. The number of nitrogens with one attached hydrogen (secondary N) is 1. The first-order chi connectivity index (χ1) is 28.9. The summed E-state index contributed by atoms with van der Waals surface area (Å²) in [4.78, 5) is 40.7. The van der Waals surface area contributed by atoms with Crippen molar-refractivity contribution in [2.24, 2.45) is 0 Å². The number of Topliss-reactive ketones (excluding diaryl/α,β-unsaturated/α-hetero) is 1. The van der Waals surface area contributed by atoms with Crippen LogP contribution in [0.3, 0.4) is 0 Å². The molecule has 6 nitrogen and oxygen atoms in total. The molecule has 5 unspecified atom stereocenters. The van der Waals surface area contributed by atoms with E-state index in [1.165, 1.54) is 34.4 Å². The first-order valence-corrected chi connectivity index (χ1v) is 24.5. The maximum Gasteiger partial charge on any atom is 0.334 e. The first kappa shape index (κ1) is 57.4. The minimum absolute atomic E-state index is 0.0276. The molecule has 334 valence electrons. The van der Waals surface area contributed by atoms with Gasteiger partial charge in [-0.15, -0.1) is 37.0 Å². The molecule has 0 aromatic heterocycles. The lowest BCUT2D eigenvalue weighted by Crippen LogP contribution is -2.44. The van der Waals surface area contributed by atoms with Gasteiger partial charge in [0.25, 0.3) is 0 Å². The Labute approximate surface area is 375 Å². The van der Waals surface area contributed by atoms with Crippen molar-refractivity contribution in [1.82, 2.24) is 10.2 Å². The molecule has 5 atom stereocenters. The van der Waals surface area contributed by atoms with Gasteiger partial charge in [-0.25, -0.2) is 4.79 Å². The maximum absolute atomic E-state index is 13.3. The number of allylic oxidation sites excluding steroid dienone is 2. The molecule has 0 bridgehead atoms. The highest BCUT2D eigenvalue weighted by molar-refractivity contribution is 7.35. The SMILES string of the molecule is C=C/C(CCCC(C)=O)=C(\C(=O)OC)C(CCC(=O)NCCCN1CCC(c2ccc(P)cc2)(c2cc(P)ccc2C)CC1)c1ccc(P)c(P)c1.CC.CC.CC.CC. The number of ether oxygens (including phenoxy) is 1. The lowest BCUT2D eigenvalue weighted by atomic mass is 9.67. The Morgan fingerprint density at radius 2 is 1.40 bits per heavy atom. The molecule has 0 spiro atoms. The van der Waals surface area contributed by atoms with Gasteiger partial charge < -0.3 is 19.7 Å². The van der Waals surface area contributed by atoms with Crippen molar-refractivity contribution < 1.29 is 19.1 Å². The normalized spacial score (nSPS) is 13.7. The summed E-state index contributed by atoms with van der Waals surface area (Å²) >= 11 is 0. The molecule has 1 saturated heterocycles. The van der Waals surface area contributed by atoms with E-state index in [0.29, 0.717) is 37.8 Å². The second-order valence-electron chi connectivity index (χ2n) is 14.0. The van der Waals surface area contributed by atoms with Crippen molar-refractivity contribution in [2.75, 3.05) is 33.3 Å². The molecule has 10 heteroatoms. The van der Waals surface area contributed by atoms with Crippen molar-refractivity contribution in [3.63, 3.8) is 0 Å². The van der Waals surface area contributed by atoms with Gasteiger partial charge in [-0.3, -0.25) is 4.79 Å². The number of carbonyl (C=O) groups is 3. The molecule has 1 N–H and O–H groups in total. The van der Waals surface area contributed by atoms with Crippen LogP contribution in [0.2, 0.25) is 0 Å². The van der Waals surface area contributed by atoms with Crippen LogP contribution >= 0.6 is 37.0 Å². The van der Waals surface area contributed by atoms with Gasteiger partial charge in [0.05, 0.1) is 7.11 Å². The van der Waals surface area contributed by atoms with E-state index in [4.69, 9.17) is 4.74 Å². The number of likely N-dealkylation sites (tertiary alicyclic amines) is 1. The zero-order chi connectivity index (χ0) is 45.8. The van der Waals surface area contributed by atoms with Crippen LogP contribution in [0.5, 0.6) is 0 Å². The third kappa shape index (κ3) is 18.0. The smallest absolute Gasteiger partial charge is 0.334 e. The zero-order valence-electron chi connectivity index (χ0n) is 39.0. The Balaban J connectivity index is 0.00000410. The molecule has 4 rings (SSSR count). The molecular formula is C50H80N2O4P4. The zero-order valence-corrected chi connectivity index (χ0v) is 43.6. The fraction of sp³-hybridized carbons (Fsp3) is 0.500. The summed E-state index contributed by atoms with van der Waals surface area (Å²) in [5.74, 6) is -0.745. The molecule has 0 radical (unpaired) electrons. The summed E-state index contributed by atoms with van der Waals surface area (Å²) in [6.45, 7) is 27.3. The number of methoxy groups -OCH3 is 1. The molecule has 0 aliphatic carbocycles. The number of aryl methyl sites for hydroxylation is 1. The highest BCUT2D eigenvalue weighted by atomic mass is 31.0. The average molecular weight is 897 g/mol. The Bertz CT molecular complexity index is 1770. The summed E-state index contributed by atoms with van der Waals surface area (Å²) in [6, 6.07) is 21.8. The lowest BCUT2D eigenvalue weighted by molar-refractivity contribution is -0.136. The molecule has 0 saturated carbocycles. The Morgan fingerprint density at radius 3 is 1.95 bits per heavy atom. The minimum atomic E-state index is -0.438. The van der Waals surface area contributed by atoms with Crippen LogP contribution in [0.1, 0.15) is 142 Å². The fourth-order valence-electron chi connectivity index (χ4n) is 7.49. The number of amides is 1. The summed E-state index contributed by atoms with van der Waals surface area (Å²) in [5.41, 5.74) is 6.28. The van der Waals surface area contributed by atoms with Gasteiger partial charge >= 0.3 is 5.97 Å². The van der Waals surface area contributed by atoms with Gasteiger partial charge in [-0.1, -0.05) is 129 Å². The number of nitrogens with zero attached hydrogens (tertiary/aromatic N) is 1. The van der Waals surface area contributed by atoms with Gasteiger partial charge in [-0.05, 0) is 121 Å². The summed E-state index contributed by atoms with van der Waals surface area (Å²) < 4.78 is 5.27. The number of benzene rings is 3. The molecular weight excluding hydrogens is 816 g/mol. The predicted octanol–water partition coefficient (Wildman–Crippen LogP) is 9.97. The topological polar surface area (TPSA) is 75.7 Å². The van der Waals surface area contributed by atoms with Crippen molar-refractivity contribution >= 4 is 75.8 Å². The standard InChI is InChI=1S/C42H56N2O4P4.4C2H6/c1-5-30(9-6-8-29(3)45)40(41(47)48-4)35(31-11-18-37(51)38(52)26-31)17-19-39(46)43-22-7-23-44-24-20-42(21-25-44,32-12-15-33(49)16-13-32)36-27-34(50)14-10-28(36)2;4*1-2/h5,10-16,18,26-27,35H,1,6-9,17,19-25,49-52H2,2-4H3,(H,43,46);4*1-2H3/b40-30+;;;;. The molecule has 3 aromatic rings. The van der Waals surface area contributed by atoms with Crippen LogP contribution in [0.4, 0.5) is 0 Å². The Morgan fingerprint density at radius 1 is 0.800 bits per heavy atom. The second-order valence-corrected chi connectivity index (χ2v) is 16.6. The average Bonchev–Trinajstić information content (AvgIpc) is 3.27. The molecule has 3 aromatic carbocycles. The number of piperidine rings is 1. The Kier molecular flexibility index (Phi) is 30.8. The second kappa shape index (κ2) is 32.2. The summed E-state index contributed by atoms with van der Waals surface area (Å²) in [5, 5.41) is 7.58. The van der Waals surface area contributed by atoms with E-state index < -0.39 is 5.97 Å². The van der Waals surface area contributed by atoms with Crippen LogP contribution in [0.25, 0.3) is 0 Å². The maximum atomic E-state index is 13.3. The molecule has 1 aliphatic rings. The van der Waals surface area contributed by atoms with E-state index in [-0.39, 0.29) is 29.4 Å². The van der Waals surface area contributed by atoms with Gasteiger partial charge in [0.15, 0.2) is 0 Å². The van der Waals surface area contributed by atoms with Crippen molar-refractivity contribution in [2.45, 2.75) is 132 Å². The molecule has 1 heterocycles. The van der Waals surface area contributed by atoms with Gasteiger partial charge in [0, 0.05) is 36.3 Å². The monoisotopic (exact) mass is 897 g/mol. The quantitative estimate of drug-likeness (QED) is 0.0481. The number of rotatable bonds is 17. The summed E-state index contributed by atoms with van der Waals surface area (Å²) in [6.07, 6.45) is 6.88. The van der Waals surface area contributed by atoms with Gasteiger partial charge in [0.2, 0.25) is 5.91 Å². The number of hydrogen-bond acceptors (Lipinski definition) is 5. The van der Waals surface area contributed by atoms with Crippen molar-refractivity contribution in [3.05, 3.63) is 107 Å². The van der Waals surface area contributed by atoms with Crippen LogP contribution in [-0.4, -0.2) is 55.8 Å². The highest BCUT2D eigenvalue weighted by Crippen LogP contribution is 2.43. The molecule has 1 fully saturated rings. The highest BCUT2D eigenvalue weighted by Gasteiger charge is 2.39. The largest absolute Gasteiger partial charge is 0.466 e. The lowest BCUT2D eigenvalue weighted by Gasteiger charge is -2.44. The molecule has 60 heavy (non-hydrogen) atoms. The van der Waals surface area contributed by atoms with E-state index >= 15 is 0 Å². The predicted molar refractivity (Wildman–Crippen MR) is 277 cm³/mol.